The van der Waals surface area contributed by atoms with E-state index in [1.807, 2.05) is 41.3 Å². The Labute approximate surface area is 164 Å². The molecule has 1 saturated heterocycles. The van der Waals surface area contributed by atoms with Crippen LogP contribution in [-0.2, 0) is 0 Å². The summed E-state index contributed by atoms with van der Waals surface area (Å²) in [5.74, 6) is 1.07. The second-order valence-corrected chi connectivity index (χ2v) is 8.05. The maximum absolute atomic E-state index is 13.4. The molecule has 1 aromatic carbocycles. The maximum atomic E-state index is 13.4. The van der Waals surface area contributed by atoms with Crippen molar-refractivity contribution in [1.82, 2.24) is 14.9 Å². The molecular formula is C22H22ClN3O. The van der Waals surface area contributed by atoms with Crippen LogP contribution in [0.3, 0.4) is 0 Å². The van der Waals surface area contributed by atoms with E-state index in [4.69, 9.17) is 16.6 Å². The highest BCUT2D eigenvalue weighted by Crippen LogP contribution is 2.29. The molecule has 0 N–H and O–H groups in total. The average Bonchev–Trinajstić information content (AvgIpc) is 2.66. The Morgan fingerprint density at radius 2 is 1.78 bits per heavy atom. The predicted octanol–water partition coefficient (Wildman–Crippen LogP) is 5.07. The molecule has 3 heterocycles. The number of likely N-dealkylation sites (tertiary alicyclic amines) is 1. The Balaban J connectivity index is 1.84. The van der Waals surface area contributed by atoms with Gasteiger partial charge in [0.05, 0.1) is 16.8 Å². The number of halogens is 1. The lowest BCUT2D eigenvalue weighted by atomic mass is 9.91. The van der Waals surface area contributed by atoms with Crippen LogP contribution in [0.5, 0.6) is 0 Å². The summed E-state index contributed by atoms with van der Waals surface area (Å²) in [5.41, 5.74) is 3.15. The molecular weight excluding hydrogens is 358 g/mol. The van der Waals surface area contributed by atoms with Crippen molar-refractivity contribution in [1.29, 1.82) is 0 Å². The van der Waals surface area contributed by atoms with Crippen LogP contribution in [0.25, 0.3) is 22.2 Å². The molecule has 2 atom stereocenters. The molecule has 1 aliphatic heterocycles. The van der Waals surface area contributed by atoms with Crippen LogP contribution in [0.15, 0.2) is 48.8 Å². The molecule has 138 valence electrons. The third-order valence-electron chi connectivity index (χ3n) is 5.13. The van der Waals surface area contributed by atoms with Gasteiger partial charge in [0.1, 0.15) is 0 Å². The third kappa shape index (κ3) is 3.67. The van der Waals surface area contributed by atoms with E-state index in [0.717, 1.165) is 41.7 Å². The topological polar surface area (TPSA) is 46.1 Å². The van der Waals surface area contributed by atoms with Crippen LogP contribution in [0.4, 0.5) is 0 Å². The first kappa shape index (κ1) is 17.9. The normalized spacial score (nSPS) is 20.0. The van der Waals surface area contributed by atoms with E-state index in [1.165, 1.54) is 0 Å². The summed E-state index contributed by atoms with van der Waals surface area (Å²) in [6.07, 6.45) is 4.63. The molecule has 2 unspecified atom stereocenters. The van der Waals surface area contributed by atoms with Crippen molar-refractivity contribution in [2.45, 2.75) is 20.3 Å². The number of carbonyl (C=O) groups is 1. The number of aromatic nitrogens is 2. The lowest BCUT2D eigenvalue weighted by molar-refractivity contribution is 0.0625. The number of rotatable bonds is 2. The zero-order chi connectivity index (χ0) is 19.0. The van der Waals surface area contributed by atoms with Gasteiger partial charge in [-0.1, -0.05) is 25.4 Å². The number of amides is 1. The van der Waals surface area contributed by atoms with Crippen LogP contribution >= 0.6 is 11.6 Å². The van der Waals surface area contributed by atoms with Gasteiger partial charge in [-0.05, 0) is 54.7 Å². The number of hydrogen-bond acceptors (Lipinski definition) is 3. The smallest absolute Gasteiger partial charge is 0.254 e. The number of benzene rings is 1. The highest BCUT2D eigenvalue weighted by molar-refractivity contribution is 6.31. The number of pyridine rings is 2. The van der Waals surface area contributed by atoms with Crippen molar-refractivity contribution < 1.29 is 4.79 Å². The van der Waals surface area contributed by atoms with Gasteiger partial charge in [-0.3, -0.25) is 9.78 Å². The molecule has 5 heteroatoms. The first-order valence-electron chi connectivity index (χ1n) is 9.31. The molecule has 0 spiro atoms. The molecule has 0 radical (unpaired) electrons. The molecule has 1 aliphatic rings. The number of nitrogens with zero attached hydrogens (tertiary/aromatic N) is 3. The Morgan fingerprint density at radius 1 is 1.07 bits per heavy atom. The van der Waals surface area contributed by atoms with E-state index in [2.05, 4.69) is 18.8 Å². The summed E-state index contributed by atoms with van der Waals surface area (Å²) in [6.45, 7) is 6.00. The molecule has 3 aromatic rings. The van der Waals surface area contributed by atoms with E-state index in [9.17, 15) is 4.79 Å². The van der Waals surface area contributed by atoms with Gasteiger partial charge in [0.15, 0.2) is 0 Å². The van der Waals surface area contributed by atoms with Gasteiger partial charge in [0.25, 0.3) is 5.91 Å². The van der Waals surface area contributed by atoms with Gasteiger partial charge in [-0.25, -0.2) is 4.98 Å². The summed E-state index contributed by atoms with van der Waals surface area (Å²) in [6, 6.07) is 11.2. The minimum Gasteiger partial charge on any atom is -0.338 e. The predicted molar refractivity (Wildman–Crippen MR) is 109 cm³/mol. The molecule has 27 heavy (non-hydrogen) atoms. The van der Waals surface area contributed by atoms with Gasteiger partial charge >= 0.3 is 0 Å². The Morgan fingerprint density at radius 3 is 2.48 bits per heavy atom. The fourth-order valence-corrected chi connectivity index (χ4v) is 4.22. The third-order valence-corrected chi connectivity index (χ3v) is 5.37. The highest BCUT2D eigenvalue weighted by atomic mass is 35.5. The van der Waals surface area contributed by atoms with Crippen LogP contribution in [0, 0.1) is 11.8 Å². The Hall–Kier alpha value is -2.46. The minimum absolute atomic E-state index is 0.0540. The quantitative estimate of drug-likeness (QED) is 0.624. The molecule has 2 aromatic heterocycles. The fraction of sp³-hybridized carbons (Fsp3) is 0.318. The van der Waals surface area contributed by atoms with Crippen molar-refractivity contribution in [2.75, 3.05) is 13.1 Å². The molecule has 1 amide bonds. The first-order chi connectivity index (χ1) is 13.0. The number of hydrogen-bond donors (Lipinski definition) is 0. The molecule has 4 nitrogen and oxygen atoms in total. The zero-order valence-corrected chi connectivity index (χ0v) is 16.3. The van der Waals surface area contributed by atoms with Crippen molar-refractivity contribution >= 4 is 28.4 Å². The van der Waals surface area contributed by atoms with Gasteiger partial charge < -0.3 is 4.90 Å². The second-order valence-electron chi connectivity index (χ2n) is 7.61. The number of carbonyl (C=O) groups excluding carboxylic acids is 1. The van der Waals surface area contributed by atoms with Crippen LogP contribution in [0.1, 0.15) is 30.6 Å². The van der Waals surface area contributed by atoms with Crippen LogP contribution in [-0.4, -0.2) is 33.9 Å². The first-order valence-corrected chi connectivity index (χ1v) is 9.69. The second kappa shape index (κ2) is 7.28. The van der Waals surface area contributed by atoms with E-state index in [0.29, 0.717) is 22.4 Å². The van der Waals surface area contributed by atoms with E-state index >= 15 is 0 Å². The molecule has 4 rings (SSSR count). The van der Waals surface area contributed by atoms with E-state index in [1.54, 1.807) is 12.4 Å². The monoisotopic (exact) mass is 379 g/mol. The number of fused-ring (bicyclic) bond motifs is 1. The van der Waals surface area contributed by atoms with Crippen molar-refractivity contribution in [3.8, 4) is 11.3 Å². The molecule has 0 saturated carbocycles. The zero-order valence-electron chi connectivity index (χ0n) is 15.5. The lowest BCUT2D eigenvalue weighted by Crippen LogP contribution is -2.42. The minimum atomic E-state index is 0.0540. The number of piperidine rings is 1. The van der Waals surface area contributed by atoms with Gasteiger partial charge in [-0.15, -0.1) is 0 Å². The maximum Gasteiger partial charge on any atom is 0.254 e. The Kier molecular flexibility index (Phi) is 4.83. The summed E-state index contributed by atoms with van der Waals surface area (Å²) in [5, 5.41) is 1.41. The SMILES string of the molecule is CC1CC(C)CN(C(=O)c2cc(-c3ccncc3)nc3ccc(Cl)cc23)C1. The summed E-state index contributed by atoms with van der Waals surface area (Å²) in [4.78, 5) is 24.2. The molecule has 1 fully saturated rings. The van der Waals surface area contributed by atoms with E-state index in [-0.39, 0.29) is 5.91 Å². The van der Waals surface area contributed by atoms with Gasteiger partial charge in [-0.2, -0.15) is 0 Å². The largest absolute Gasteiger partial charge is 0.338 e. The van der Waals surface area contributed by atoms with E-state index < -0.39 is 0 Å². The fourth-order valence-electron chi connectivity index (χ4n) is 4.04. The highest BCUT2D eigenvalue weighted by Gasteiger charge is 2.27. The molecule has 0 bridgehead atoms. The van der Waals surface area contributed by atoms with Crippen LogP contribution in [0.2, 0.25) is 5.02 Å². The standard InChI is InChI=1S/C22H22ClN3O/c1-14-9-15(2)13-26(12-14)22(27)19-11-21(16-5-7-24-8-6-16)25-20-4-3-17(23)10-18(19)20/h3-8,10-11,14-15H,9,12-13H2,1-2H3. The Bertz CT molecular complexity index is 980. The summed E-state index contributed by atoms with van der Waals surface area (Å²) in [7, 11) is 0. The van der Waals surface area contributed by atoms with Gasteiger partial charge in [0.2, 0.25) is 0 Å². The lowest BCUT2D eigenvalue weighted by Gasteiger charge is -2.35. The van der Waals surface area contributed by atoms with Gasteiger partial charge in [0, 0.05) is 41.5 Å². The summed E-state index contributed by atoms with van der Waals surface area (Å²) < 4.78 is 0. The van der Waals surface area contributed by atoms with Crippen molar-refractivity contribution in [2.24, 2.45) is 11.8 Å². The molecule has 0 aliphatic carbocycles. The van der Waals surface area contributed by atoms with Crippen molar-refractivity contribution in [3.63, 3.8) is 0 Å². The van der Waals surface area contributed by atoms with Crippen molar-refractivity contribution in [3.05, 3.63) is 59.4 Å². The average molecular weight is 380 g/mol. The summed E-state index contributed by atoms with van der Waals surface area (Å²) >= 11 is 6.22. The van der Waals surface area contributed by atoms with Crippen LogP contribution < -0.4 is 0 Å².